The molecule has 1 aromatic heterocycles. The first-order valence-electron chi connectivity index (χ1n) is 9.39. The zero-order valence-corrected chi connectivity index (χ0v) is 16.3. The summed E-state index contributed by atoms with van der Waals surface area (Å²) in [5, 5.41) is 11.6. The van der Waals surface area contributed by atoms with Crippen LogP contribution in [0.3, 0.4) is 0 Å². The van der Waals surface area contributed by atoms with Crippen LogP contribution in [0.25, 0.3) is 10.9 Å². The van der Waals surface area contributed by atoms with Gasteiger partial charge in [0.1, 0.15) is 0 Å². The molecule has 142 valence electrons. The maximum atomic E-state index is 12.5. The smallest absolute Gasteiger partial charge is 0.189 e. The first-order valence-corrected chi connectivity index (χ1v) is 9.39. The molecule has 1 saturated heterocycles. The number of hydrogen-bond donors (Lipinski definition) is 2. The van der Waals surface area contributed by atoms with Crippen molar-refractivity contribution in [1.29, 1.82) is 0 Å². The number of piperidine rings is 1. The van der Waals surface area contributed by atoms with Crippen molar-refractivity contribution in [1.82, 2.24) is 9.88 Å². The molecule has 2 N–H and O–H groups in total. The normalized spacial score (nSPS) is 24.3. The fourth-order valence-electron chi connectivity index (χ4n) is 4.13. The Kier molecular flexibility index (Phi) is 5.51. The molecular formula is C21H30N2O3. The molecule has 3 rings (SSSR count). The van der Waals surface area contributed by atoms with Gasteiger partial charge in [0, 0.05) is 50.5 Å². The lowest BCUT2D eigenvalue weighted by atomic mass is 9.80. The fraction of sp³-hybridized carbons (Fsp3) is 0.571. The van der Waals surface area contributed by atoms with Crippen molar-refractivity contribution in [3.05, 3.63) is 45.2 Å². The highest BCUT2D eigenvalue weighted by atomic mass is 16.5. The predicted molar refractivity (Wildman–Crippen MR) is 105 cm³/mol. The molecule has 0 spiro atoms. The third-order valence-corrected chi connectivity index (χ3v) is 5.78. The molecule has 0 radical (unpaired) electrons. The minimum Gasteiger partial charge on any atom is -0.389 e. The van der Waals surface area contributed by atoms with E-state index in [1.165, 1.54) is 0 Å². The minimum atomic E-state index is -0.655. The van der Waals surface area contributed by atoms with E-state index in [-0.39, 0.29) is 11.3 Å². The Morgan fingerprint density at radius 1 is 1.35 bits per heavy atom. The van der Waals surface area contributed by atoms with Crippen molar-refractivity contribution in [3.8, 4) is 0 Å². The summed E-state index contributed by atoms with van der Waals surface area (Å²) in [7, 11) is 1.67. The maximum Gasteiger partial charge on any atom is 0.189 e. The number of fused-ring (bicyclic) bond motifs is 1. The van der Waals surface area contributed by atoms with E-state index in [2.05, 4.69) is 22.9 Å². The molecule has 1 aliphatic rings. The molecule has 0 bridgehead atoms. The number of rotatable bonds is 5. The van der Waals surface area contributed by atoms with Crippen LogP contribution in [-0.2, 0) is 11.3 Å². The Balaban J connectivity index is 1.77. The highest BCUT2D eigenvalue weighted by Crippen LogP contribution is 2.31. The van der Waals surface area contributed by atoms with Crippen molar-refractivity contribution < 1.29 is 9.84 Å². The molecule has 2 heterocycles. The molecule has 0 aliphatic carbocycles. The van der Waals surface area contributed by atoms with Crippen LogP contribution in [0.4, 0.5) is 0 Å². The van der Waals surface area contributed by atoms with E-state index < -0.39 is 5.60 Å². The average Bonchev–Trinajstić information content (AvgIpc) is 2.58. The zero-order valence-electron chi connectivity index (χ0n) is 16.3. The summed E-state index contributed by atoms with van der Waals surface area (Å²) in [6, 6.07) is 5.77. The summed E-state index contributed by atoms with van der Waals surface area (Å²) in [6.07, 6.45) is 1.40. The first kappa shape index (κ1) is 19.1. The second kappa shape index (κ2) is 7.51. The third-order valence-electron chi connectivity index (χ3n) is 5.78. The Hall–Kier alpha value is -1.69. The lowest BCUT2D eigenvalue weighted by Gasteiger charge is -2.43. The van der Waals surface area contributed by atoms with Gasteiger partial charge in [0.05, 0.1) is 11.1 Å². The number of H-pyrrole nitrogens is 1. The minimum absolute atomic E-state index is 0.0715. The Bertz CT molecular complexity index is 845. The van der Waals surface area contributed by atoms with Crippen LogP contribution in [0.2, 0.25) is 0 Å². The largest absolute Gasteiger partial charge is 0.389 e. The number of nitrogens with zero attached hydrogens (tertiary/aromatic N) is 1. The van der Waals surface area contributed by atoms with E-state index in [0.717, 1.165) is 47.2 Å². The topological polar surface area (TPSA) is 65.6 Å². The second-order valence-electron chi connectivity index (χ2n) is 7.90. The number of methoxy groups -OCH3 is 1. The number of benzene rings is 1. The van der Waals surface area contributed by atoms with Gasteiger partial charge in [0.25, 0.3) is 0 Å². The number of aromatic nitrogens is 1. The number of hydrogen-bond acceptors (Lipinski definition) is 4. The molecule has 2 atom stereocenters. The van der Waals surface area contributed by atoms with Crippen LogP contribution in [0, 0.1) is 19.8 Å². The number of aryl methyl sites for hydroxylation is 2. The fourth-order valence-corrected chi connectivity index (χ4v) is 4.13. The van der Waals surface area contributed by atoms with E-state index in [9.17, 15) is 9.90 Å². The van der Waals surface area contributed by atoms with Crippen LogP contribution in [0.5, 0.6) is 0 Å². The van der Waals surface area contributed by atoms with Gasteiger partial charge in [-0.05, 0) is 49.8 Å². The number of likely N-dealkylation sites (tertiary alicyclic amines) is 1. The van der Waals surface area contributed by atoms with E-state index >= 15 is 0 Å². The Labute approximate surface area is 155 Å². The second-order valence-corrected chi connectivity index (χ2v) is 7.90. The number of pyridine rings is 1. The number of aromatic amines is 1. The van der Waals surface area contributed by atoms with Crippen molar-refractivity contribution in [2.24, 2.45) is 5.92 Å². The molecule has 26 heavy (non-hydrogen) atoms. The molecule has 1 fully saturated rings. The summed E-state index contributed by atoms with van der Waals surface area (Å²) < 4.78 is 5.14. The molecule has 2 aromatic rings. The van der Waals surface area contributed by atoms with Gasteiger partial charge in [-0.3, -0.25) is 9.69 Å². The Morgan fingerprint density at radius 2 is 2.12 bits per heavy atom. The predicted octanol–water partition coefficient (Wildman–Crippen LogP) is 2.75. The van der Waals surface area contributed by atoms with Gasteiger partial charge in [-0.25, -0.2) is 0 Å². The van der Waals surface area contributed by atoms with Crippen molar-refractivity contribution in [2.45, 2.75) is 45.8 Å². The quantitative estimate of drug-likeness (QED) is 0.863. The van der Waals surface area contributed by atoms with Gasteiger partial charge in [-0.2, -0.15) is 0 Å². The number of ether oxygens (including phenoxy) is 1. The summed E-state index contributed by atoms with van der Waals surface area (Å²) in [4.78, 5) is 18.3. The molecular weight excluding hydrogens is 328 g/mol. The van der Waals surface area contributed by atoms with E-state index in [1.807, 2.05) is 19.9 Å². The lowest BCUT2D eigenvalue weighted by molar-refractivity contribution is -0.0828. The number of aliphatic hydroxyl groups is 1. The maximum absolute atomic E-state index is 12.5. The van der Waals surface area contributed by atoms with Gasteiger partial charge in [0.2, 0.25) is 0 Å². The SMILES string of the molecule is COCC[C@]1(O)CCN(Cc2cc(=O)c3cc(C)cc(C)c3[nH]2)C[C@H]1C. The van der Waals surface area contributed by atoms with Crippen molar-refractivity contribution >= 4 is 10.9 Å². The highest BCUT2D eigenvalue weighted by Gasteiger charge is 2.38. The summed E-state index contributed by atoms with van der Waals surface area (Å²) in [5.41, 5.74) is 3.48. The molecule has 0 saturated carbocycles. The van der Waals surface area contributed by atoms with Gasteiger partial charge in [-0.15, -0.1) is 0 Å². The molecule has 0 amide bonds. The summed E-state index contributed by atoms with van der Waals surface area (Å²) in [5.74, 6) is 0.169. The van der Waals surface area contributed by atoms with Gasteiger partial charge in [0.15, 0.2) is 5.43 Å². The van der Waals surface area contributed by atoms with E-state index in [0.29, 0.717) is 19.6 Å². The van der Waals surface area contributed by atoms with Crippen molar-refractivity contribution in [2.75, 3.05) is 26.8 Å². The van der Waals surface area contributed by atoms with Crippen LogP contribution in [0.1, 0.15) is 36.6 Å². The molecule has 1 aromatic carbocycles. The molecule has 5 heteroatoms. The van der Waals surface area contributed by atoms with Gasteiger partial charge < -0.3 is 14.8 Å². The Morgan fingerprint density at radius 3 is 2.81 bits per heavy atom. The molecule has 5 nitrogen and oxygen atoms in total. The van der Waals surface area contributed by atoms with Crippen LogP contribution >= 0.6 is 0 Å². The number of nitrogens with one attached hydrogen (secondary N) is 1. The van der Waals surface area contributed by atoms with Crippen LogP contribution < -0.4 is 5.43 Å². The lowest BCUT2D eigenvalue weighted by Crippen LogP contribution is -2.51. The first-order chi connectivity index (χ1) is 12.3. The third kappa shape index (κ3) is 3.85. The summed E-state index contributed by atoms with van der Waals surface area (Å²) >= 11 is 0. The highest BCUT2D eigenvalue weighted by molar-refractivity contribution is 5.82. The standard InChI is InChI=1S/C21H30N2O3/c1-14-9-15(2)20-18(10-14)19(24)11-17(22-20)13-23-7-5-21(25,6-8-26-4)16(3)12-23/h9-11,16,25H,5-8,12-13H2,1-4H3,(H,22,24)/t16-,21-/m1/s1. The van der Waals surface area contributed by atoms with Crippen LogP contribution in [-0.4, -0.2) is 47.4 Å². The van der Waals surface area contributed by atoms with Gasteiger partial charge in [-0.1, -0.05) is 13.0 Å². The molecule has 1 aliphatic heterocycles. The summed E-state index contributed by atoms with van der Waals surface area (Å²) in [6.45, 7) is 9.05. The van der Waals surface area contributed by atoms with Gasteiger partial charge >= 0.3 is 0 Å². The molecule has 0 unspecified atom stereocenters. The van der Waals surface area contributed by atoms with Crippen LogP contribution in [0.15, 0.2) is 23.0 Å². The van der Waals surface area contributed by atoms with E-state index in [4.69, 9.17) is 4.74 Å². The monoisotopic (exact) mass is 358 g/mol. The van der Waals surface area contributed by atoms with E-state index in [1.54, 1.807) is 13.2 Å². The average molecular weight is 358 g/mol. The van der Waals surface area contributed by atoms with Crippen molar-refractivity contribution in [3.63, 3.8) is 0 Å². The zero-order chi connectivity index (χ0) is 18.9.